The van der Waals surface area contributed by atoms with Crippen LogP contribution in [0.15, 0.2) is 45.9 Å². The van der Waals surface area contributed by atoms with Crippen LogP contribution in [-0.4, -0.2) is 31.5 Å². The van der Waals surface area contributed by atoms with E-state index in [0.29, 0.717) is 24.4 Å². The van der Waals surface area contributed by atoms with Crippen LogP contribution < -0.4 is 5.32 Å². The van der Waals surface area contributed by atoms with Crippen LogP contribution >= 0.6 is 0 Å². The van der Waals surface area contributed by atoms with Gasteiger partial charge in [-0.05, 0) is 17.7 Å². The Morgan fingerprint density at radius 1 is 1.30 bits per heavy atom. The number of aliphatic hydroxyl groups excluding tert-OH is 1. The average Bonchev–Trinajstić information content (AvgIpc) is 2.91. The molecule has 1 atom stereocenters. The van der Waals surface area contributed by atoms with E-state index in [0.717, 1.165) is 6.26 Å². The van der Waals surface area contributed by atoms with Gasteiger partial charge in [-0.2, -0.15) is 0 Å². The highest BCUT2D eigenvalue weighted by Gasteiger charge is 2.10. The summed E-state index contributed by atoms with van der Waals surface area (Å²) < 4.78 is 27.6. The van der Waals surface area contributed by atoms with Crippen molar-refractivity contribution in [1.82, 2.24) is 10.5 Å². The van der Waals surface area contributed by atoms with Gasteiger partial charge in [0.1, 0.15) is 5.76 Å². The molecular weight excluding hydrogens is 280 g/mol. The van der Waals surface area contributed by atoms with Crippen molar-refractivity contribution in [3.05, 3.63) is 47.9 Å². The van der Waals surface area contributed by atoms with E-state index in [1.54, 1.807) is 24.4 Å². The zero-order valence-corrected chi connectivity index (χ0v) is 11.8. The first-order valence-corrected chi connectivity index (χ1v) is 7.94. The third kappa shape index (κ3) is 3.89. The molecule has 0 aliphatic rings. The number of sulfone groups is 1. The molecule has 1 heterocycles. The lowest BCUT2D eigenvalue weighted by atomic mass is 10.1. The first-order chi connectivity index (χ1) is 9.47. The number of rotatable bonds is 6. The van der Waals surface area contributed by atoms with Crippen LogP contribution in [0.1, 0.15) is 17.4 Å². The lowest BCUT2D eigenvalue weighted by Crippen LogP contribution is -2.20. The van der Waals surface area contributed by atoms with Crippen molar-refractivity contribution in [3.63, 3.8) is 0 Å². The zero-order valence-electron chi connectivity index (χ0n) is 11.0. The third-order valence-corrected chi connectivity index (χ3v) is 3.95. The van der Waals surface area contributed by atoms with E-state index in [1.165, 1.54) is 12.1 Å². The van der Waals surface area contributed by atoms with E-state index in [-0.39, 0.29) is 4.90 Å². The molecule has 0 aliphatic heterocycles. The highest BCUT2D eigenvalue weighted by Crippen LogP contribution is 2.16. The Hall–Kier alpha value is -1.70. The van der Waals surface area contributed by atoms with Crippen LogP contribution in [-0.2, 0) is 16.4 Å². The zero-order chi connectivity index (χ0) is 14.6. The lowest BCUT2D eigenvalue weighted by Gasteiger charge is -2.12. The maximum Gasteiger partial charge on any atom is 0.175 e. The van der Waals surface area contributed by atoms with Crippen LogP contribution in [0.2, 0.25) is 0 Å². The summed E-state index contributed by atoms with van der Waals surface area (Å²) in [5, 5.41) is 16.6. The van der Waals surface area contributed by atoms with E-state index in [2.05, 4.69) is 10.5 Å². The first kappa shape index (κ1) is 14.7. The molecular formula is C13H16N2O4S. The van der Waals surface area contributed by atoms with Gasteiger partial charge in [-0.15, -0.1) is 0 Å². The fraction of sp³-hybridized carbons (Fsp3) is 0.308. The second kappa shape index (κ2) is 6.17. The van der Waals surface area contributed by atoms with E-state index in [4.69, 9.17) is 4.52 Å². The van der Waals surface area contributed by atoms with Gasteiger partial charge < -0.3 is 14.9 Å². The van der Waals surface area contributed by atoms with E-state index in [9.17, 15) is 13.5 Å². The molecule has 1 aromatic heterocycles. The van der Waals surface area contributed by atoms with Crippen molar-refractivity contribution >= 4 is 9.84 Å². The Labute approximate surface area is 117 Å². The minimum atomic E-state index is -3.21. The Bertz CT molecular complexity index is 636. The monoisotopic (exact) mass is 296 g/mol. The summed E-state index contributed by atoms with van der Waals surface area (Å²) in [4.78, 5) is 0.239. The molecule has 0 radical (unpaired) electrons. The largest absolute Gasteiger partial charge is 0.387 e. The molecule has 20 heavy (non-hydrogen) atoms. The summed E-state index contributed by atoms with van der Waals surface area (Å²) in [7, 11) is -3.21. The van der Waals surface area contributed by atoms with Crippen molar-refractivity contribution in [1.29, 1.82) is 0 Å². The van der Waals surface area contributed by atoms with Crippen molar-refractivity contribution in [2.24, 2.45) is 0 Å². The summed E-state index contributed by atoms with van der Waals surface area (Å²) >= 11 is 0. The van der Waals surface area contributed by atoms with Crippen molar-refractivity contribution in [2.45, 2.75) is 17.5 Å². The minimum absolute atomic E-state index is 0.239. The Morgan fingerprint density at radius 3 is 2.55 bits per heavy atom. The molecule has 0 saturated heterocycles. The van der Waals surface area contributed by atoms with Gasteiger partial charge >= 0.3 is 0 Å². The fourth-order valence-electron chi connectivity index (χ4n) is 1.72. The molecule has 2 aromatic rings. The summed E-state index contributed by atoms with van der Waals surface area (Å²) in [6.45, 7) is 0.803. The Balaban J connectivity index is 1.90. The van der Waals surface area contributed by atoms with Crippen molar-refractivity contribution in [3.8, 4) is 0 Å². The summed E-state index contributed by atoms with van der Waals surface area (Å²) in [5.74, 6) is 0.685. The molecule has 0 saturated carbocycles. The molecule has 0 spiro atoms. The molecule has 0 amide bonds. The molecule has 108 valence electrons. The van der Waals surface area contributed by atoms with E-state index >= 15 is 0 Å². The minimum Gasteiger partial charge on any atom is -0.387 e. The normalized spacial score (nSPS) is 13.3. The predicted octanol–water partition coefficient (Wildman–Crippen LogP) is 0.901. The average molecular weight is 296 g/mol. The van der Waals surface area contributed by atoms with Crippen LogP contribution in [0, 0.1) is 0 Å². The van der Waals surface area contributed by atoms with Gasteiger partial charge in [0.2, 0.25) is 0 Å². The molecule has 6 nitrogen and oxygen atoms in total. The Morgan fingerprint density at radius 2 is 2.00 bits per heavy atom. The Kier molecular flexibility index (Phi) is 4.53. The van der Waals surface area contributed by atoms with Crippen LogP contribution in [0.4, 0.5) is 0 Å². The molecule has 1 aromatic carbocycles. The van der Waals surface area contributed by atoms with Gasteiger partial charge in [0.05, 0.1) is 23.7 Å². The molecule has 2 rings (SSSR count). The van der Waals surface area contributed by atoms with Gasteiger partial charge in [0, 0.05) is 18.9 Å². The van der Waals surface area contributed by atoms with Crippen LogP contribution in [0.25, 0.3) is 0 Å². The topological polar surface area (TPSA) is 92.4 Å². The number of nitrogens with zero attached hydrogens (tertiary/aromatic N) is 1. The standard InChI is InChI=1S/C13H16N2O4S/c1-20(17,18)12-4-2-10(3-5-12)13(16)9-14-8-11-6-7-15-19-11/h2-7,13-14,16H,8-9H2,1H3. The van der Waals surface area contributed by atoms with Gasteiger partial charge in [-0.1, -0.05) is 17.3 Å². The molecule has 2 N–H and O–H groups in total. The molecule has 1 unspecified atom stereocenters. The highest BCUT2D eigenvalue weighted by atomic mass is 32.2. The molecule has 7 heteroatoms. The number of benzene rings is 1. The quantitative estimate of drug-likeness (QED) is 0.823. The van der Waals surface area contributed by atoms with E-state index in [1.807, 2.05) is 0 Å². The second-order valence-corrected chi connectivity index (χ2v) is 6.48. The maximum atomic E-state index is 11.3. The molecule has 0 bridgehead atoms. The third-order valence-electron chi connectivity index (χ3n) is 2.82. The number of aromatic nitrogens is 1. The van der Waals surface area contributed by atoms with Crippen molar-refractivity contribution < 1.29 is 18.0 Å². The number of hydrogen-bond acceptors (Lipinski definition) is 6. The van der Waals surface area contributed by atoms with Gasteiger partial charge in [-0.25, -0.2) is 8.42 Å². The van der Waals surface area contributed by atoms with Crippen molar-refractivity contribution in [2.75, 3.05) is 12.8 Å². The smallest absolute Gasteiger partial charge is 0.175 e. The van der Waals surface area contributed by atoms with E-state index < -0.39 is 15.9 Å². The summed E-state index contributed by atoms with van der Waals surface area (Å²) in [6, 6.07) is 7.93. The fourth-order valence-corrected chi connectivity index (χ4v) is 2.35. The maximum absolute atomic E-state index is 11.3. The SMILES string of the molecule is CS(=O)(=O)c1ccc(C(O)CNCc2ccno2)cc1. The summed E-state index contributed by atoms with van der Waals surface area (Å²) in [5.41, 5.74) is 0.655. The van der Waals surface area contributed by atoms with Gasteiger partial charge in [0.15, 0.2) is 9.84 Å². The predicted molar refractivity (Wildman–Crippen MR) is 72.7 cm³/mol. The van der Waals surface area contributed by atoms with Gasteiger partial charge in [0.25, 0.3) is 0 Å². The highest BCUT2D eigenvalue weighted by molar-refractivity contribution is 7.90. The summed E-state index contributed by atoms with van der Waals surface area (Å²) in [6.07, 6.45) is 1.99. The first-order valence-electron chi connectivity index (χ1n) is 6.05. The molecule has 0 aliphatic carbocycles. The lowest BCUT2D eigenvalue weighted by molar-refractivity contribution is 0.173. The van der Waals surface area contributed by atoms with Crippen LogP contribution in [0.3, 0.4) is 0 Å². The van der Waals surface area contributed by atoms with Crippen LogP contribution in [0.5, 0.6) is 0 Å². The number of nitrogens with one attached hydrogen (secondary N) is 1. The number of hydrogen-bond donors (Lipinski definition) is 2. The molecule has 0 fully saturated rings. The van der Waals surface area contributed by atoms with Gasteiger partial charge in [-0.3, -0.25) is 0 Å². The number of aliphatic hydroxyl groups is 1. The second-order valence-electron chi connectivity index (χ2n) is 4.47.